The van der Waals surface area contributed by atoms with Gasteiger partial charge in [0.05, 0.1) is 18.7 Å². The van der Waals surface area contributed by atoms with E-state index in [-0.39, 0.29) is 30.4 Å². The zero-order valence-corrected chi connectivity index (χ0v) is 16.8. The number of carbonyl (C=O) groups is 1. The molecule has 5 nitrogen and oxygen atoms in total. The van der Waals surface area contributed by atoms with Gasteiger partial charge in [0.1, 0.15) is 23.6 Å². The van der Waals surface area contributed by atoms with Crippen LogP contribution in [0.1, 0.15) is 64.6 Å². The molecule has 27 heavy (non-hydrogen) atoms. The van der Waals surface area contributed by atoms with Crippen molar-refractivity contribution in [2.75, 3.05) is 6.61 Å². The summed E-state index contributed by atoms with van der Waals surface area (Å²) in [7, 11) is 0. The van der Waals surface area contributed by atoms with Crippen LogP contribution < -0.4 is 4.74 Å². The van der Waals surface area contributed by atoms with Crippen molar-refractivity contribution in [2.45, 2.75) is 77.4 Å². The first-order valence-electron chi connectivity index (χ1n) is 9.65. The Morgan fingerprint density at radius 1 is 1.41 bits per heavy atom. The number of rotatable bonds is 2. The highest BCUT2D eigenvalue weighted by Crippen LogP contribution is 2.45. The predicted octanol–water partition coefficient (Wildman–Crippen LogP) is 4.29. The van der Waals surface area contributed by atoms with E-state index < -0.39 is 5.60 Å². The van der Waals surface area contributed by atoms with Gasteiger partial charge in [-0.2, -0.15) is 0 Å². The van der Waals surface area contributed by atoms with Crippen LogP contribution in [0, 0.1) is 12.3 Å². The van der Waals surface area contributed by atoms with Crippen LogP contribution in [-0.4, -0.2) is 41.5 Å². The summed E-state index contributed by atoms with van der Waals surface area (Å²) in [6.07, 6.45) is 6.69. The highest BCUT2D eigenvalue weighted by Gasteiger charge is 2.49. The zero-order chi connectivity index (χ0) is 19.8. The molecule has 1 aromatic carbocycles. The van der Waals surface area contributed by atoms with E-state index in [9.17, 15) is 4.79 Å². The minimum atomic E-state index is -0.561. The zero-order valence-electron chi connectivity index (χ0n) is 16.8. The van der Waals surface area contributed by atoms with Crippen LogP contribution in [0.5, 0.6) is 5.75 Å². The summed E-state index contributed by atoms with van der Waals surface area (Å²) in [6, 6.07) is 5.35. The molecule has 1 amide bonds. The van der Waals surface area contributed by atoms with Gasteiger partial charge in [-0.3, -0.25) is 4.90 Å². The van der Waals surface area contributed by atoms with Gasteiger partial charge in [0, 0.05) is 11.1 Å². The topological polar surface area (TPSA) is 48.0 Å². The van der Waals surface area contributed by atoms with Crippen LogP contribution in [0.15, 0.2) is 18.2 Å². The van der Waals surface area contributed by atoms with Gasteiger partial charge >= 0.3 is 6.09 Å². The number of morpholine rings is 1. The summed E-state index contributed by atoms with van der Waals surface area (Å²) in [5.41, 5.74) is 1.12. The van der Waals surface area contributed by atoms with Gasteiger partial charge in [-0.15, -0.1) is 6.42 Å². The SMILES string of the molecule is C#Cc1ccc2c(c1)OC(CCC)[C@H]1OC[C@@H](C)N(C(=O)OC(C)(C)C)[C@@H]21. The highest BCUT2D eigenvalue weighted by molar-refractivity contribution is 5.70. The fourth-order valence-corrected chi connectivity index (χ4v) is 3.81. The lowest BCUT2D eigenvalue weighted by Gasteiger charge is -2.50. The molecular formula is C22H29NO4. The van der Waals surface area contributed by atoms with Crippen LogP contribution in [0.3, 0.4) is 0 Å². The Morgan fingerprint density at radius 2 is 2.15 bits per heavy atom. The minimum absolute atomic E-state index is 0.0957. The van der Waals surface area contributed by atoms with Crippen molar-refractivity contribution in [3.8, 4) is 18.1 Å². The summed E-state index contributed by atoms with van der Waals surface area (Å²) in [6.45, 7) is 10.2. The molecule has 0 aliphatic carbocycles. The second-order valence-electron chi connectivity index (χ2n) is 8.32. The molecule has 1 aromatic rings. The normalized spacial score (nSPS) is 27.0. The van der Waals surface area contributed by atoms with E-state index in [0.29, 0.717) is 6.61 Å². The first-order chi connectivity index (χ1) is 12.7. The maximum Gasteiger partial charge on any atom is 0.411 e. The van der Waals surface area contributed by atoms with Crippen molar-refractivity contribution in [1.82, 2.24) is 4.90 Å². The van der Waals surface area contributed by atoms with Crippen LogP contribution in [-0.2, 0) is 9.47 Å². The molecule has 0 aromatic heterocycles. The highest BCUT2D eigenvalue weighted by atomic mass is 16.6. The van der Waals surface area contributed by atoms with Gasteiger partial charge in [-0.05, 0) is 46.2 Å². The number of fused-ring (bicyclic) bond motifs is 3. The van der Waals surface area contributed by atoms with Crippen molar-refractivity contribution in [3.05, 3.63) is 29.3 Å². The standard InChI is InChI=1S/C22H29NO4/c1-7-9-17-20-19(16-11-10-15(8-2)12-18(16)26-17)23(14(3)13-25-20)21(24)27-22(4,5)6/h2,10-12,14,17,19-20H,7,9,13H2,1,3-6H3/t14-,17?,19+,20-/m1/s1. The Balaban J connectivity index is 2.05. The molecule has 0 radical (unpaired) electrons. The molecular weight excluding hydrogens is 342 g/mol. The van der Waals surface area contributed by atoms with Crippen LogP contribution >= 0.6 is 0 Å². The van der Waals surface area contributed by atoms with Crippen LogP contribution in [0.4, 0.5) is 4.79 Å². The van der Waals surface area contributed by atoms with E-state index in [2.05, 4.69) is 12.8 Å². The third kappa shape index (κ3) is 3.91. The van der Waals surface area contributed by atoms with E-state index >= 15 is 0 Å². The number of carbonyl (C=O) groups excluding carboxylic acids is 1. The van der Waals surface area contributed by atoms with E-state index in [1.54, 1.807) is 0 Å². The fraction of sp³-hybridized carbons (Fsp3) is 0.591. The molecule has 1 fully saturated rings. The molecule has 1 unspecified atom stereocenters. The molecule has 0 bridgehead atoms. The van der Waals surface area contributed by atoms with Crippen molar-refractivity contribution in [3.63, 3.8) is 0 Å². The smallest absolute Gasteiger partial charge is 0.411 e. The monoisotopic (exact) mass is 371 g/mol. The average molecular weight is 371 g/mol. The number of hydrogen-bond acceptors (Lipinski definition) is 4. The second kappa shape index (κ2) is 7.44. The van der Waals surface area contributed by atoms with E-state index in [0.717, 1.165) is 29.7 Å². The van der Waals surface area contributed by atoms with Gasteiger partial charge < -0.3 is 14.2 Å². The molecule has 1 saturated heterocycles. The number of nitrogens with zero attached hydrogens (tertiary/aromatic N) is 1. The Morgan fingerprint density at radius 3 is 2.78 bits per heavy atom. The van der Waals surface area contributed by atoms with Gasteiger partial charge in [0.25, 0.3) is 0 Å². The van der Waals surface area contributed by atoms with Crippen LogP contribution in [0.2, 0.25) is 0 Å². The third-order valence-electron chi connectivity index (χ3n) is 4.94. The molecule has 4 atom stereocenters. The lowest BCUT2D eigenvalue weighted by molar-refractivity contribution is -0.146. The first kappa shape index (κ1) is 19.6. The Hall–Kier alpha value is -2.19. The number of benzene rings is 1. The summed E-state index contributed by atoms with van der Waals surface area (Å²) in [4.78, 5) is 14.9. The molecule has 0 spiro atoms. The van der Waals surface area contributed by atoms with Gasteiger partial charge in [-0.25, -0.2) is 4.79 Å². The average Bonchev–Trinajstić information content (AvgIpc) is 2.59. The summed E-state index contributed by atoms with van der Waals surface area (Å²) >= 11 is 0. The van der Waals surface area contributed by atoms with Gasteiger partial charge in [-0.1, -0.05) is 25.3 Å². The van der Waals surface area contributed by atoms with Crippen molar-refractivity contribution in [1.29, 1.82) is 0 Å². The molecule has 2 aliphatic rings. The lowest BCUT2D eigenvalue weighted by atomic mass is 9.87. The number of terminal acetylenes is 1. The molecule has 0 N–H and O–H groups in total. The van der Waals surface area contributed by atoms with Crippen molar-refractivity contribution in [2.24, 2.45) is 0 Å². The maximum atomic E-state index is 13.1. The molecule has 146 valence electrons. The quantitative estimate of drug-likeness (QED) is 0.728. The van der Waals surface area contributed by atoms with E-state index in [1.165, 1.54) is 0 Å². The molecule has 2 aliphatic heterocycles. The Labute approximate surface area is 162 Å². The maximum absolute atomic E-state index is 13.1. The summed E-state index contributed by atoms with van der Waals surface area (Å²) in [5, 5.41) is 0. The minimum Gasteiger partial charge on any atom is -0.487 e. The lowest BCUT2D eigenvalue weighted by Crippen LogP contribution is -2.59. The van der Waals surface area contributed by atoms with Gasteiger partial charge in [0.2, 0.25) is 0 Å². The molecule has 2 heterocycles. The van der Waals surface area contributed by atoms with Crippen molar-refractivity contribution < 1.29 is 19.0 Å². The van der Waals surface area contributed by atoms with E-state index in [1.807, 2.05) is 50.8 Å². The molecule has 3 rings (SSSR count). The molecule has 0 saturated carbocycles. The Bertz CT molecular complexity index is 746. The Kier molecular flexibility index (Phi) is 5.39. The summed E-state index contributed by atoms with van der Waals surface area (Å²) in [5.74, 6) is 3.39. The fourth-order valence-electron chi connectivity index (χ4n) is 3.81. The number of hydrogen-bond donors (Lipinski definition) is 0. The van der Waals surface area contributed by atoms with Gasteiger partial charge in [0.15, 0.2) is 0 Å². The second-order valence-corrected chi connectivity index (χ2v) is 8.32. The number of amides is 1. The van der Waals surface area contributed by atoms with Crippen LogP contribution in [0.25, 0.3) is 0 Å². The van der Waals surface area contributed by atoms with E-state index in [4.69, 9.17) is 20.6 Å². The van der Waals surface area contributed by atoms with Crippen molar-refractivity contribution >= 4 is 6.09 Å². The molecule has 5 heteroatoms. The third-order valence-corrected chi connectivity index (χ3v) is 4.94. The predicted molar refractivity (Wildman–Crippen MR) is 104 cm³/mol. The number of ether oxygens (including phenoxy) is 3. The summed E-state index contributed by atoms with van der Waals surface area (Å²) < 4.78 is 18.1. The first-order valence-corrected chi connectivity index (χ1v) is 9.65. The largest absolute Gasteiger partial charge is 0.487 e.